The number of nitrogens with zero attached hydrogens (tertiary/aromatic N) is 3. The Kier molecular flexibility index (Phi) is 6.73. The molecule has 0 bridgehead atoms. The molecule has 0 saturated heterocycles. The van der Waals surface area contributed by atoms with Crippen molar-refractivity contribution < 1.29 is 27.2 Å². The van der Waals surface area contributed by atoms with Crippen molar-refractivity contribution >= 4 is 35.4 Å². The second-order valence-corrected chi connectivity index (χ2v) is 8.15. The number of allylic oxidation sites excluding steroid dienone is 1. The second kappa shape index (κ2) is 9.76. The van der Waals surface area contributed by atoms with Crippen molar-refractivity contribution in [3.05, 3.63) is 65.0 Å². The van der Waals surface area contributed by atoms with Crippen LogP contribution in [0, 0.1) is 11.4 Å². The minimum absolute atomic E-state index is 0.000947. The van der Waals surface area contributed by atoms with E-state index in [0.29, 0.717) is 23.8 Å². The number of fused-ring (bicyclic) bond motifs is 1. The Bertz CT molecular complexity index is 1370. The van der Waals surface area contributed by atoms with Crippen LogP contribution in [0.15, 0.2) is 36.7 Å². The number of carbonyl (C=O) groups is 2. The van der Waals surface area contributed by atoms with E-state index in [1.54, 1.807) is 24.3 Å². The molecule has 2 aromatic heterocycles. The van der Waals surface area contributed by atoms with E-state index in [2.05, 4.69) is 26.0 Å². The predicted molar refractivity (Wildman–Crippen MR) is 124 cm³/mol. The van der Waals surface area contributed by atoms with Crippen LogP contribution >= 0.6 is 0 Å². The van der Waals surface area contributed by atoms with Gasteiger partial charge in [-0.3, -0.25) is 4.79 Å². The van der Waals surface area contributed by atoms with Gasteiger partial charge in [0, 0.05) is 36.3 Å². The SMILES string of the molecule is CNC(=O)N/C=C(\C=O)c1cc(C2C[C@@H]2c2ccc(C=N)c(NCC(F)(F)F)c2)c2ncc(F)n2n1. The van der Waals surface area contributed by atoms with E-state index in [9.17, 15) is 27.2 Å². The summed E-state index contributed by atoms with van der Waals surface area (Å²) in [5.41, 5.74) is 2.20. The predicted octanol–water partition coefficient (Wildman–Crippen LogP) is 3.58. The first-order valence-corrected chi connectivity index (χ1v) is 10.8. The Morgan fingerprint density at radius 2 is 2.06 bits per heavy atom. The van der Waals surface area contributed by atoms with Crippen LogP contribution in [0.25, 0.3) is 11.2 Å². The molecule has 4 rings (SSSR count). The van der Waals surface area contributed by atoms with Gasteiger partial charge in [-0.05, 0) is 36.0 Å². The number of alkyl halides is 3. The highest BCUT2D eigenvalue weighted by molar-refractivity contribution is 6.06. The van der Waals surface area contributed by atoms with Crippen LogP contribution in [0.1, 0.15) is 40.6 Å². The van der Waals surface area contributed by atoms with Gasteiger partial charge in [-0.1, -0.05) is 12.1 Å². The molecule has 3 aromatic rings. The van der Waals surface area contributed by atoms with Crippen molar-refractivity contribution in [2.75, 3.05) is 18.9 Å². The van der Waals surface area contributed by atoms with Gasteiger partial charge in [0.1, 0.15) is 6.54 Å². The summed E-state index contributed by atoms with van der Waals surface area (Å²) >= 11 is 0. The summed E-state index contributed by atoms with van der Waals surface area (Å²) in [6.45, 7) is -1.24. The van der Waals surface area contributed by atoms with Crippen LogP contribution in [-0.2, 0) is 4.79 Å². The van der Waals surface area contributed by atoms with Gasteiger partial charge >= 0.3 is 12.2 Å². The molecule has 1 aliphatic rings. The molecule has 9 nitrogen and oxygen atoms in total. The van der Waals surface area contributed by atoms with Crippen LogP contribution in [0.3, 0.4) is 0 Å². The smallest absolute Gasteiger partial charge is 0.376 e. The summed E-state index contributed by atoms with van der Waals surface area (Å²) in [4.78, 5) is 27.3. The maximum Gasteiger partial charge on any atom is 0.405 e. The Morgan fingerprint density at radius 3 is 2.72 bits per heavy atom. The number of aromatic nitrogens is 3. The van der Waals surface area contributed by atoms with Gasteiger partial charge in [0.25, 0.3) is 0 Å². The summed E-state index contributed by atoms with van der Waals surface area (Å²) in [5.74, 6) is -1.02. The molecule has 4 N–H and O–H groups in total. The molecule has 1 saturated carbocycles. The highest BCUT2D eigenvalue weighted by atomic mass is 19.4. The molecule has 1 unspecified atom stereocenters. The summed E-state index contributed by atoms with van der Waals surface area (Å²) in [5, 5.41) is 18.6. The summed E-state index contributed by atoms with van der Waals surface area (Å²) in [7, 11) is 1.40. The number of hydrogen-bond acceptors (Lipinski definition) is 6. The molecule has 0 aliphatic heterocycles. The molecule has 0 spiro atoms. The van der Waals surface area contributed by atoms with Gasteiger partial charge in [-0.15, -0.1) is 0 Å². The van der Waals surface area contributed by atoms with E-state index in [4.69, 9.17) is 5.41 Å². The molecule has 36 heavy (non-hydrogen) atoms. The molecular weight excluding hydrogens is 482 g/mol. The van der Waals surface area contributed by atoms with Crippen LogP contribution in [0.4, 0.5) is 28.0 Å². The minimum atomic E-state index is -4.42. The monoisotopic (exact) mass is 503 g/mol. The first-order chi connectivity index (χ1) is 17.1. The number of halogens is 4. The number of rotatable bonds is 8. The van der Waals surface area contributed by atoms with E-state index in [-0.39, 0.29) is 34.4 Å². The number of carbonyl (C=O) groups excluding carboxylic acids is 2. The zero-order valence-electron chi connectivity index (χ0n) is 18.9. The van der Waals surface area contributed by atoms with E-state index in [0.717, 1.165) is 28.7 Å². The van der Waals surface area contributed by atoms with Crippen molar-refractivity contribution in [1.82, 2.24) is 25.2 Å². The van der Waals surface area contributed by atoms with Crippen molar-refractivity contribution in [2.24, 2.45) is 0 Å². The summed E-state index contributed by atoms with van der Waals surface area (Å²) in [6.07, 6.45) is -0.221. The maximum absolute atomic E-state index is 14.4. The summed E-state index contributed by atoms with van der Waals surface area (Å²) in [6, 6.07) is 5.91. The highest BCUT2D eigenvalue weighted by Gasteiger charge is 2.42. The number of hydrogen-bond donors (Lipinski definition) is 4. The average Bonchev–Trinajstić information content (AvgIpc) is 3.57. The van der Waals surface area contributed by atoms with E-state index in [1.807, 2.05) is 0 Å². The standard InChI is InChI=1S/C23H21F4N7O2/c1-29-22(36)31-8-14(10-35)19-6-17(21-30-9-20(24)34(21)33-19)16-5-15(16)12-2-3-13(7-28)18(4-12)32-11-23(25,26)27/h2-4,6-10,15-16,28,32H,5,11H2,1H3,(H2,29,31,36)/b14-8+,28-7?/t15-,16?/m1/s1. The van der Waals surface area contributed by atoms with Gasteiger partial charge in [0.05, 0.1) is 17.5 Å². The third kappa shape index (κ3) is 5.19. The third-order valence-corrected chi connectivity index (χ3v) is 5.79. The van der Waals surface area contributed by atoms with Gasteiger partial charge in [-0.25, -0.2) is 9.78 Å². The number of benzene rings is 1. The molecule has 1 aliphatic carbocycles. The lowest BCUT2D eigenvalue weighted by Crippen LogP contribution is -2.28. The van der Waals surface area contributed by atoms with Crippen LogP contribution in [0.2, 0.25) is 0 Å². The molecular formula is C23H21F4N7O2. The van der Waals surface area contributed by atoms with Gasteiger partial charge in [0.15, 0.2) is 11.9 Å². The first kappa shape index (κ1) is 24.8. The Balaban J connectivity index is 1.68. The summed E-state index contributed by atoms with van der Waals surface area (Å²) < 4.78 is 53.5. The molecule has 0 radical (unpaired) electrons. The van der Waals surface area contributed by atoms with Crippen LogP contribution in [-0.4, -0.2) is 52.9 Å². The van der Waals surface area contributed by atoms with E-state index < -0.39 is 24.7 Å². The van der Waals surface area contributed by atoms with Gasteiger partial charge in [0.2, 0.25) is 5.95 Å². The number of anilines is 1. The van der Waals surface area contributed by atoms with E-state index >= 15 is 0 Å². The van der Waals surface area contributed by atoms with Crippen molar-refractivity contribution in [3.63, 3.8) is 0 Å². The molecule has 13 heteroatoms. The highest BCUT2D eigenvalue weighted by Crippen LogP contribution is 2.56. The van der Waals surface area contributed by atoms with Crippen molar-refractivity contribution in [3.8, 4) is 0 Å². The third-order valence-electron chi connectivity index (χ3n) is 5.79. The molecule has 1 fully saturated rings. The zero-order chi connectivity index (χ0) is 26.0. The largest absolute Gasteiger partial charge is 0.405 e. The van der Waals surface area contributed by atoms with Crippen LogP contribution < -0.4 is 16.0 Å². The van der Waals surface area contributed by atoms with Gasteiger partial charge < -0.3 is 21.4 Å². The Labute approximate surface area is 202 Å². The molecule has 2 heterocycles. The first-order valence-electron chi connectivity index (χ1n) is 10.8. The lowest BCUT2D eigenvalue weighted by molar-refractivity contribution is -0.115. The molecule has 188 valence electrons. The zero-order valence-corrected chi connectivity index (χ0v) is 18.9. The Morgan fingerprint density at radius 1 is 1.28 bits per heavy atom. The average molecular weight is 503 g/mol. The number of nitrogens with one attached hydrogen (secondary N) is 4. The number of urea groups is 1. The quantitative estimate of drug-likeness (QED) is 0.162. The molecule has 2 atom stereocenters. The fraction of sp³-hybridized carbons (Fsp3) is 0.261. The number of imidazole rings is 1. The minimum Gasteiger partial charge on any atom is -0.376 e. The number of aldehydes is 1. The number of amides is 2. The van der Waals surface area contributed by atoms with E-state index in [1.165, 1.54) is 7.05 Å². The Hall–Kier alpha value is -4.29. The van der Waals surface area contributed by atoms with Gasteiger partial charge in [-0.2, -0.15) is 27.2 Å². The lowest BCUT2D eigenvalue weighted by Gasteiger charge is -2.13. The molecule has 2 amide bonds. The molecule has 1 aromatic carbocycles. The van der Waals surface area contributed by atoms with Crippen LogP contribution in [0.5, 0.6) is 0 Å². The fourth-order valence-corrected chi connectivity index (χ4v) is 3.95. The normalized spacial score (nSPS) is 17.5. The topological polar surface area (TPSA) is 124 Å². The van der Waals surface area contributed by atoms with Crippen molar-refractivity contribution in [1.29, 1.82) is 5.41 Å². The lowest BCUT2D eigenvalue weighted by atomic mass is 10.0. The van der Waals surface area contributed by atoms with Crippen molar-refractivity contribution in [2.45, 2.75) is 24.4 Å². The second-order valence-electron chi connectivity index (χ2n) is 8.15. The maximum atomic E-state index is 14.4. The fourth-order valence-electron chi connectivity index (χ4n) is 3.95.